The number of fused-ring (bicyclic) bond motifs is 1. The molecule has 0 spiro atoms. The summed E-state index contributed by atoms with van der Waals surface area (Å²) in [7, 11) is 0. The molecule has 0 fully saturated rings. The highest BCUT2D eigenvalue weighted by atomic mass is 32.1. The molecule has 0 aliphatic rings. The Morgan fingerprint density at radius 2 is 1.56 bits per heavy atom. The highest BCUT2D eigenvalue weighted by Gasteiger charge is 2.18. The zero-order valence-corrected chi connectivity index (χ0v) is 13.6. The summed E-state index contributed by atoms with van der Waals surface area (Å²) in [5.41, 5.74) is 1.67. The number of thiophene rings is 1. The van der Waals surface area contributed by atoms with E-state index >= 15 is 0 Å². The van der Waals surface area contributed by atoms with Crippen molar-refractivity contribution in [3.05, 3.63) is 70.1 Å². The van der Waals surface area contributed by atoms with Gasteiger partial charge >= 0.3 is 0 Å². The van der Waals surface area contributed by atoms with E-state index in [1.165, 1.54) is 35.6 Å². The number of H-pyrrole nitrogens is 1. The first-order valence-electron chi connectivity index (χ1n) is 7.46. The minimum atomic E-state index is -0.414. The molecule has 0 atom stereocenters. The molecule has 4 nitrogen and oxygen atoms in total. The van der Waals surface area contributed by atoms with E-state index in [2.05, 4.69) is 4.98 Å². The van der Waals surface area contributed by atoms with Gasteiger partial charge in [0, 0.05) is 10.9 Å². The van der Waals surface area contributed by atoms with Gasteiger partial charge in [-0.3, -0.25) is 4.79 Å². The number of benzene rings is 2. The number of aromatic hydroxyl groups is 2. The summed E-state index contributed by atoms with van der Waals surface area (Å²) in [5.74, 6) is -0.404. The maximum atomic E-state index is 13.2. The molecular weight excluding hydrogens is 341 g/mol. The number of phenols is 1. The largest absolute Gasteiger partial charge is 0.508 e. The molecule has 0 unspecified atom stereocenters. The smallest absolute Gasteiger partial charge is 0.260 e. The van der Waals surface area contributed by atoms with Crippen molar-refractivity contribution < 1.29 is 14.6 Å². The van der Waals surface area contributed by atoms with Gasteiger partial charge in [0.15, 0.2) is 0 Å². The third-order valence-corrected chi connectivity index (χ3v) is 4.93. The molecule has 0 saturated carbocycles. The molecule has 0 aliphatic carbocycles. The van der Waals surface area contributed by atoms with E-state index in [-0.39, 0.29) is 22.9 Å². The second-order valence-electron chi connectivity index (χ2n) is 5.58. The van der Waals surface area contributed by atoms with Gasteiger partial charge in [-0.05, 0) is 35.4 Å². The van der Waals surface area contributed by atoms with Crippen molar-refractivity contribution >= 4 is 21.6 Å². The predicted molar refractivity (Wildman–Crippen MR) is 96.6 cm³/mol. The lowest BCUT2D eigenvalue weighted by atomic mass is 10.0. The minimum absolute atomic E-state index is 0.0725. The van der Waals surface area contributed by atoms with E-state index in [0.29, 0.717) is 21.3 Å². The SMILES string of the molecule is O=c1[nH]c2scc(-c3ccc(F)cc3)c2c(O)c1-c1ccc(O)cc1. The van der Waals surface area contributed by atoms with Gasteiger partial charge in [0.05, 0.1) is 10.9 Å². The fourth-order valence-electron chi connectivity index (χ4n) is 2.82. The van der Waals surface area contributed by atoms with E-state index < -0.39 is 5.56 Å². The van der Waals surface area contributed by atoms with Crippen molar-refractivity contribution in [1.82, 2.24) is 4.98 Å². The molecule has 4 rings (SSSR count). The lowest BCUT2D eigenvalue weighted by Gasteiger charge is -2.08. The Morgan fingerprint density at radius 3 is 2.24 bits per heavy atom. The highest BCUT2D eigenvalue weighted by molar-refractivity contribution is 7.17. The number of aromatic amines is 1. The molecule has 25 heavy (non-hydrogen) atoms. The van der Waals surface area contributed by atoms with Crippen LogP contribution in [0.3, 0.4) is 0 Å². The highest BCUT2D eigenvalue weighted by Crippen LogP contribution is 2.41. The first kappa shape index (κ1) is 15.4. The third kappa shape index (κ3) is 2.56. The van der Waals surface area contributed by atoms with E-state index in [9.17, 15) is 19.4 Å². The van der Waals surface area contributed by atoms with Crippen molar-refractivity contribution in [2.45, 2.75) is 0 Å². The van der Waals surface area contributed by atoms with Crippen molar-refractivity contribution in [2.75, 3.05) is 0 Å². The van der Waals surface area contributed by atoms with Crippen LogP contribution in [-0.2, 0) is 0 Å². The van der Waals surface area contributed by atoms with Crippen LogP contribution < -0.4 is 5.56 Å². The lowest BCUT2D eigenvalue weighted by molar-refractivity contribution is 0.475. The fraction of sp³-hybridized carbons (Fsp3) is 0. The van der Waals surface area contributed by atoms with Gasteiger partial charge in [-0.1, -0.05) is 24.3 Å². The summed E-state index contributed by atoms with van der Waals surface area (Å²) in [5, 5.41) is 22.5. The van der Waals surface area contributed by atoms with Crippen LogP contribution in [0.15, 0.2) is 58.7 Å². The fourth-order valence-corrected chi connectivity index (χ4v) is 3.79. The van der Waals surface area contributed by atoms with E-state index in [4.69, 9.17) is 0 Å². The molecule has 124 valence electrons. The second-order valence-corrected chi connectivity index (χ2v) is 6.46. The summed E-state index contributed by atoms with van der Waals surface area (Å²) < 4.78 is 13.2. The van der Waals surface area contributed by atoms with Gasteiger partial charge in [0.25, 0.3) is 5.56 Å². The molecule has 0 bridgehead atoms. The molecule has 0 saturated heterocycles. The Morgan fingerprint density at radius 1 is 0.920 bits per heavy atom. The van der Waals surface area contributed by atoms with E-state index in [0.717, 1.165) is 5.56 Å². The number of hydrogen-bond donors (Lipinski definition) is 3. The normalized spacial score (nSPS) is 11.1. The lowest BCUT2D eigenvalue weighted by Crippen LogP contribution is -2.08. The Kier molecular flexibility index (Phi) is 3.54. The zero-order valence-electron chi connectivity index (χ0n) is 12.8. The monoisotopic (exact) mass is 353 g/mol. The summed E-state index contributed by atoms with van der Waals surface area (Å²) in [6, 6.07) is 12.0. The topological polar surface area (TPSA) is 73.3 Å². The Balaban J connectivity index is 2.00. The molecule has 2 heterocycles. The molecule has 4 aromatic rings. The quantitative estimate of drug-likeness (QED) is 0.498. The molecule has 6 heteroatoms. The Hall–Kier alpha value is -3.12. The molecular formula is C19H12FNO3S. The molecule has 2 aromatic carbocycles. The maximum Gasteiger partial charge on any atom is 0.260 e. The van der Waals surface area contributed by atoms with Gasteiger partial charge in [-0.25, -0.2) is 4.39 Å². The van der Waals surface area contributed by atoms with Crippen LogP contribution >= 0.6 is 11.3 Å². The van der Waals surface area contributed by atoms with Gasteiger partial charge < -0.3 is 15.2 Å². The van der Waals surface area contributed by atoms with Crippen molar-refractivity contribution in [2.24, 2.45) is 0 Å². The molecule has 0 amide bonds. The maximum absolute atomic E-state index is 13.2. The van der Waals surface area contributed by atoms with Crippen molar-refractivity contribution in [3.8, 4) is 33.8 Å². The number of pyridine rings is 1. The number of phenolic OH excluding ortho intramolecular Hbond substituents is 1. The van der Waals surface area contributed by atoms with Crippen LogP contribution in [0, 0.1) is 5.82 Å². The standard InChI is InChI=1S/C19H12FNO3S/c20-12-5-1-10(2-6-12)14-9-25-19-16(14)17(23)15(18(24)21-19)11-3-7-13(22)8-4-11/h1-9,22H,(H2,21,23,24). The van der Waals surface area contributed by atoms with Gasteiger partial charge in [-0.2, -0.15) is 0 Å². The number of hydrogen-bond acceptors (Lipinski definition) is 4. The van der Waals surface area contributed by atoms with Crippen molar-refractivity contribution in [1.29, 1.82) is 0 Å². The molecule has 0 radical (unpaired) electrons. The first-order valence-corrected chi connectivity index (χ1v) is 8.34. The van der Waals surface area contributed by atoms with Gasteiger partial charge in [-0.15, -0.1) is 11.3 Å². The van der Waals surface area contributed by atoms with Gasteiger partial charge in [0.1, 0.15) is 22.1 Å². The minimum Gasteiger partial charge on any atom is -0.508 e. The summed E-state index contributed by atoms with van der Waals surface area (Å²) in [4.78, 5) is 15.7. The predicted octanol–water partition coefficient (Wildman–Crippen LogP) is 4.47. The zero-order chi connectivity index (χ0) is 17.6. The van der Waals surface area contributed by atoms with Crippen LogP contribution in [0.4, 0.5) is 4.39 Å². The van der Waals surface area contributed by atoms with Crippen LogP contribution in [0.1, 0.15) is 0 Å². The van der Waals surface area contributed by atoms with E-state index in [1.807, 2.05) is 5.38 Å². The molecule has 0 aliphatic heterocycles. The average Bonchev–Trinajstić information content (AvgIpc) is 3.01. The number of aromatic nitrogens is 1. The van der Waals surface area contributed by atoms with Crippen LogP contribution in [0.2, 0.25) is 0 Å². The van der Waals surface area contributed by atoms with Crippen LogP contribution in [-0.4, -0.2) is 15.2 Å². The summed E-state index contributed by atoms with van der Waals surface area (Å²) in [6.07, 6.45) is 0. The summed E-state index contributed by atoms with van der Waals surface area (Å²) in [6.45, 7) is 0. The first-order chi connectivity index (χ1) is 12.0. The number of halogens is 1. The van der Waals surface area contributed by atoms with Gasteiger partial charge in [0.2, 0.25) is 0 Å². The summed E-state index contributed by atoms with van der Waals surface area (Å²) >= 11 is 1.30. The van der Waals surface area contributed by atoms with Crippen molar-refractivity contribution in [3.63, 3.8) is 0 Å². The van der Waals surface area contributed by atoms with E-state index in [1.54, 1.807) is 24.3 Å². The molecule has 2 aromatic heterocycles. The van der Waals surface area contributed by atoms with Crippen LogP contribution in [0.25, 0.3) is 32.5 Å². The Bertz CT molecular complexity index is 1130. The second kappa shape index (κ2) is 5.75. The number of nitrogens with one attached hydrogen (secondary N) is 1. The third-order valence-electron chi connectivity index (χ3n) is 4.03. The average molecular weight is 353 g/mol. The van der Waals surface area contributed by atoms with Crippen LogP contribution in [0.5, 0.6) is 11.5 Å². The number of rotatable bonds is 2. The molecule has 3 N–H and O–H groups in total. The Labute approximate surface area is 145 Å².